The normalized spacial score (nSPS) is 28.6. The number of aliphatic hydroxyl groups is 1. The molecule has 1 saturated carbocycles. The lowest BCUT2D eigenvalue weighted by atomic mass is 9.56. The number of hydrogen-bond acceptors (Lipinski definition) is 6. The van der Waals surface area contributed by atoms with Crippen LogP contribution < -0.4 is 0 Å². The lowest BCUT2D eigenvalue weighted by Gasteiger charge is -2.55. The summed E-state index contributed by atoms with van der Waals surface area (Å²) in [6, 6.07) is 8.08. The molecule has 1 aliphatic heterocycles. The highest BCUT2D eigenvalue weighted by molar-refractivity contribution is 9.10. The topological polar surface area (TPSA) is 68.2 Å². The molecule has 3 atom stereocenters. The van der Waals surface area contributed by atoms with Crippen LogP contribution in [0.3, 0.4) is 0 Å². The first-order chi connectivity index (χ1) is 15.5. The van der Waals surface area contributed by atoms with Crippen molar-refractivity contribution in [3.05, 3.63) is 34.3 Å². The highest BCUT2D eigenvalue weighted by Gasteiger charge is 2.65. The van der Waals surface area contributed by atoms with Gasteiger partial charge in [0.1, 0.15) is 5.41 Å². The SMILES string of the molecule is CC.COC(=O)C1(CN(C)CC(C)C)CC2(CC(C)(Cc3ccc(Br)cc3)C1O)OCCO2. The number of ether oxygens (including phenoxy) is 3. The average molecular weight is 529 g/mol. The molecule has 7 heteroatoms. The van der Waals surface area contributed by atoms with E-state index >= 15 is 0 Å². The van der Waals surface area contributed by atoms with Crippen molar-refractivity contribution < 1.29 is 24.1 Å². The van der Waals surface area contributed by atoms with Crippen LogP contribution in [0.15, 0.2) is 28.7 Å². The molecule has 1 aromatic carbocycles. The van der Waals surface area contributed by atoms with E-state index in [9.17, 15) is 9.90 Å². The maximum absolute atomic E-state index is 13.3. The van der Waals surface area contributed by atoms with E-state index in [-0.39, 0.29) is 6.42 Å². The minimum Gasteiger partial charge on any atom is -0.468 e. The lowest BCUT2D eigenvalue weighted by molar-refractivity contribution is -0.265. The maximum atomic E-state index is 13.3. The van der Waals surface area contributed by atoms with Gasteiger partial charge in [-0.2, -0.15) is 0 Å². The molecule has 6 nitrogen and oxygen atoms in total. The van der Waals surface area contributed by atoms with Crippen molar-refractivity contribution in [3.63, 3.8) is 0 Å². The van der Waals surface area contributed by atoms with Gasteiger partial charge in [0.25, 0.3) is 0 Å². The van der Waals surface area contributed by atoms with E-state index in [4.69, 9.17) is 14.2 Å². The summed E-state index contributed by atoms with van der Waals surface area (Å²) >= 11 is 3.48. The van der Waals surface area contributed by atoms with Crippen LogP contribution in [0.2, 0.25) is 0 Å². The van der Waals surface area contributed by atoms with E-state index in [1.165, 1.54) is 7.11 Å². The number of esters is 1. The quantitative estimate of drug-likeness (QED) is 0.519. The van der Waals surface area contributed by atoms with Crippen molar-refractivity contribution in [2.75, 3.05) is 40.5 Å². The fraction of sp³-hybridized carbons (Fsp3) is 0.731. The zero-order chi connectivity index (χ0) is 24.9. The van der Waals surface area contributed by atoms with Crippen LogP contribution in [0.4, 0.5) is 0 Å². The third kappa shape index (κ3) is 6.37. The second kappa shape index (κ2) is 11.6. The number of hydrogen-bond donors (Lipinski definition) is 1. The van der Waals surface area contributed by atoms with Crippen molar-refractivity contribution in [3.8, 4) is 0 Å². The van der Waals surface area contributed by atoms with Crippen LogP contribution in [0.5, 0.6) is 0 Å². The van der Waals surface area contributed by atoms with E-state index < -0.39 is 28.7 Å². The van der Waals surface area contributed by atoms with Gasteiger partial charge in [-0.25, -0.2) is 0 Å². The fourth-order valence-corrected chi connectivity index (χ4v) is 5.98. The third-order valence-electron chi connectivity index (χ3n) is 6.60. The Morgan fingerprint density at radius 2 is 1.79 bits per heavy atom. The Kier molecular flexibility index (Phi) is 9.95. The van der Waals surface area contributed by atoms with Gasteiger partial charge in [0.05, 0.1) is 26.4 Å². The summed E-state index contributed by atoms with van der Waals surface area (Å²) in [5.74, 6) is -0.866. The van der Waals surface area contributed by atoms with Crippen molar-refractivity contribution in [2.24, 2.45) is 16.7 Å². The summed E-state index contributed by atoms with van der Waals surface area (Å²) in [6.45, 7) is 12.5. The summed E-state index contributed by atoms with van der Waals surface area (Å²) in [7, 11) is 3.38. The van der Waals surface area contributed by atoms with Crippen LogP contribution >= 0.6 is 15.9 Å². The predicted octanol–water partition coefficient (Wildman–Crippen LogP) is 4.67. The molecule has 0 bridgehead atoms. The summed E-state index contributed by atoms with van der Waals surface area (Å²) in [4.78, 5) is 15.4. The largest absolute Gasteiger partial charge is 0.468 e. The van der Waals surface area contributed by atoms with Gasteiger partial charge in [0.15, 0.2) is 5.79 Å². The number of rotatable bonds is 7. The molecule has 1 N–H and O–H groups in total. The van der Waals surface area contributed by atoms with Crippen molar-refractivity contribution in [2.45, 2.75) is 65.8 Å². The van der Waals surface area contributed by atoms with E-state index in [1.54, 1.807) is 0 Å². The number of aliphatic hydroxyl groups excluding tert-OH is 1. The fourth-order valence-electron chi connectivity index (χ4n) is 5.71. The Balaban J connectivity index is 0.00000187. The zero-order valence-corrected chi connectivity index (χ0v) is 22.9. The van der Waals surface area contributed by atoms with Crippen LogP contribution in [-0.4, -0.2) is 68.3 Å². The first-order valence-corrected chi connectivity index (χ1v) is 12.8. The molecule has 3 unspecified atom stereocenters. The molecule has 1 saturated heterocycles. The summed E-state index contributed by atoms with van der Waals surface area (Å²) in [5.41, 5.74) is -0.692. The van der Waals surface area contributed by atoms with Crippen LogP contribution in [-0.2, 0) is 25.4 Å². The first-order valence-electron chi connectivity index (χ1n) is 12.0. The molecule has 1 aliphatic carbocycles. The van der Waals surface area contributed by atoms with Gasteiger partial charge in [-0.3, -0.25) is 4.79 Å². The number of halogens is 1. The molecule has 2 aliphatic rings. The Morgan fingerprint density at radius 1 is 1.21 bits per heavy atom. The molecule has 3 rings (SSSR count). The summed E-state index contributed by atoms with van der Waals surface area (Å²) in [6.07, 6.45) is 0.489. The molecule has 0 radical (unpaired) electrons. The summed E-state index contributed by atoms with van der Waals surface area (Å²) < 4.78 is 18.5. The number of nitrogens with zero attached hydrogens (tertiary/aromatic N) is 1. The highest BCUT2D eigenvalue weighted by atomic mass is 79.9. The Morgan fingerprint density at radius 3 is 2.30 bits per heavy atom. The van der Waals surface area contributed by atoms with Gasteiger partial charge >= 0.3 is 5.97 Å². The second-order valence-electron chi connectivity index (χ2n) is 10.1. The Labute approximate surface area is 208 Å². The minimum absolute atomic E-state index is 0.284. The smallest absolute Gasteiger partial charge is 0.315 e. The van der Waals surface area contributed by atoms with Crippen LogP contribution in [0, 0.1) is 16.7 Å². The molecule has 33 heavy (non-hydrogen) atoms. The highest BCUT2D eigenvalue weighted by Crippen LogP contribution is 2.55. The van der Waals surface area contributed by atoms with Crippen molar-refractivity contribution >= 4 is 21.9 Å². The number of benzene rings is 1. The number of carbonyl (C=O) groups is 1. The molecular weight excluding hydrogens is 486 g/mol. The number of carbonyl (C=O) groups excluding carboxylic acids is 1. The molecule has 1 spiro atoms. The molecule has 1 heterocycles. The van der Waals surface area contributed by atoms with Gasteiger partial charge in [-0.15, -0.1) is 0 Å². The summed E-state index contributed by atoms with van der Waals surface area (Å²) in [5, 5.41) is 11.8. The van der Waals surface area contributed by atoms with E-state index in [0.717, 1.165) is 16.6 Å². The lowest BCUT2D eigenvalue weighted by Crippen LogP contribution is -2.65. The van der Waals surface area contributed by atoms with Gasteiger partial charge < -0.3 is 24.2 Å². The van der Waals surface area contributed by atoms with Crippen LogP contribution in [0.1, 0.15) is 53.0 Å². The molecule has 0 aromatic heterocycles. The number of methoxy groups -OCH3 is 1. The standard InChI is InChI=1S/C24H36BrNO5.C2H6/c1-17(2)13-26(4)16-23(21(28)29-5)15-24(30-10-11-31-24)14-22(3,20(23)27)12-18-6-8-19(25)9-7-18;1-2/h6-9,17,20,27H,10-16H2,1-5H3;1-2H3. The average Bonchev–Trinajstić information content (AvgIpc) is 3.20. The van der Waals surface area contributed by atoms with E-state index in [0.29, 0.717) is 38.5 Å². The molecule has 1 aromatic rings. The maximum Gasteiger partial charge on any atom is 0.315 e. The monoisotopic (exact) mass is 527 g/mol. The molecule has 2 fully saturated rings. The minimum atomic E-state index is -1.15. The van der Waals surface area contributed by atoms with Gasteiger partial charge in [0, 0.05) is 35.8 Å². The van der Waals surface area contributed by atoms with Crippen molar-refractivity contribution in [1.82, 2.24) is 4.90 Å². The van der Waals surface area contributed by atoms with Gasteiger partial charge in [-0.05, 0) is 37.1 Å². The van der Waals surface area contributed by atoms with E-state index in [1.807, 2.05) is 52.1 Å². The zero-order valence-electron chi connectivity index (χ0n) is 21.3. The van der Waals surface area contributed by atoms with Crippen molar-refractivity contribution in [1.29, 1.82) is 0 Å². The van der Waals surface area contributed by atoms with Crippen LogP contribution in [0.25, 0.3) is 0 Å². The van der Waals surface area contributed by atoms with Gasteiger partial charge in [-0.1, -0.05) is 62.7 Å². The molecule has 0 amide bonds. The predicted molar refractivity (Wildman–Crippen MR) is 134 cm³/mol. The third-order valence-corrected chi connectivity index (χ3v) is 7.13. The first kappa shape index (κ1) is 28.2. The van der Waals surface area contributed by atoms with E-state index in [2.05, 4.69) is 34.7 Å². The molecular formula is C26H42BrNO5. The Hall–Kier alpha value is -0.990. The molecule has 188 valence electrons. The Bertz CT molecular complexity index is 764. The second-order valence-corrected chi connectivity index (χ2v) is 11.0. The van der Waals surface area contributed by atoms with Gasteiger partial charge in [0.2, 0.25) is 0 Å².